The molecule has 7 heteroatoms. The van der Waals surface area contributed by atoms with Gasteiger partial charge in [-0.2, -0.15) is 0 Å². The van der Waals surface area contributed by atoms with Gasteiger partial charge in [-0.1, -0.05) is 12.1 Å². The van der Waals surface area contributed by atoms with Crippen molar-refractivity contribution < 1.29 is 14.6 Å². The van der Waals surface area contributed by atoms with Gasteiger partial charge < -0.3 is 19.3 Å². The Balaban J connectivity index is 1.67. The van der Waals surface area contributed by atoms with E-state index in [0.717, 1.165) is 48.1 Å². The molecule has 1 aromatic carbocycles. The van der Waals surface area contributed by atoms with E-state index in [0.29, 0.717) is 18.0 Å². The molecule has 1 atom stereocenters. The number of imidazole rings is 1. The van der Waals surface area contributed by atoms with E-state index in [1.54, 1.807) is 12.4 Å². The summed E-state index contributed by atoms with van der Waals surface area (Å²) in [5.74, 6) is 0.479. The van der Waals surface area contributed by atoms with Crippen molar-refractivity contribution in [1.29, 1.82) is 0 Å². The third kappa shape index (κ3) is 3.90. The van der Waals surface area contributed by atoms with E-state index in [2.05, 4.69) is 40.8 Å². The van der Waals surface area contributed by atoms with E-state index in [4.69, 9.17) is 4.74 Å². The molecule has 164 valence electrons. The van der Waals surface area contributed by atoms with Crippen molar-refractivity contribution in [3.05, 3.63) is 53.2 Å². The fourth-order valence-corrected chi connectivity index (χ4v) is 4.50. The summed E-state index contributed by atoms with van der Waals surface area (Å²) in [6, 6.07) is 4.13. The summed E-state index contributed by atoms with van der Waals surface area (Å²) in [4.78, 5) is 23.9. The molecule has 1 aliphatic rings. The number of pyridine rings is 1. The molecule has 1 aliphatic heterocycles. The first-order chi connectivity index (χ1) is 14.9. The predicted octanol–water partition coefficient (Wildman–Crippen LogP) is 3.71. The molecule has 3 heterocycles. The van der Waals surface area contributed by atoms with Crippen LogP contribution in [0.1, 0.15) is 53.2 Å². The highest BCUT2D eigenvalue weighted by molar-refractivity contribution is 6.06. The van der Waals surface area contributed by atoms with Crippen LogP contribution >= 0.6 is 0 Å². The van der Waals surface area contributed by atoms with Crippen molar-refractivity contribution in [1.82, 2.24) is 14.5 Å². The molecular formula is C24H30N4O3. The first kappa shape index (κ1) is 21.3. The first-order valence-electron chi connectivity index (χ1n) is 10.9. The van der Waals surface area contributed by atoms with E-state index in [9.17, 15) is 9.90 Å². The number of rotatable bonds is 5. The van der Waals surface area contributed by atoms with Crippen LogP contribution in [0, 0.1) is 19.8 Å². The first-order valence-corrected chi connectivity index (χ1v) is 10.9. The predicted molar refractivity (Wildman–Crippen MR) is 120 cm³/mol. The van der Waals surface area contributed by atoms with Gasteiger partial charge in [-0.15, -0.1) is 0 Å². The molecular weight excluding hydrogens is 392 g/mol. The van der Waals surface area contributed by atoms with Gasteiger partial charge in [0.05, 0.1) is 17.8 Å². The maximum absolute atomic E-state index is 12.7. The lowest BCUT2D eigenvalue weighted by Gasteiger charge is -2.36. The Labute approximate surface area is 182 Å². The summed E-state index contributed by atoms with van der Waals surface area (Å²) in [5.41, 5.74) is 4.59. The Morgan fingerprint density at radius 1 is 1.26 bits per heavy atom. The van der Waals surface area contributed by atoms with Crippen molar-refractivity contribution in [3.63, 3.8) is 0 Å². The molecule has 0 spiro atoms. The van der Waals surface area contributed by atoms with Gasteiger partial charge in [-0.05, 0) is 50.7 Å². The van der Waals surface area contributed by atoms with Gasteiger partial charge >= 0.3 is 5.97 Å². The summed E-state index contributed by atoms with van der Waals surface area (Å²) in [6.45, 7) is 7.74. The van der Waals surface area contributed by atoms with E-state index in [1.807, 2.05) is 24.7 Å². The molecule has 0 aliphatic carbocycles. The normalized spacial score (nSPS) is 16.0. The third-order valence-corrected chi connectivity index (χ3v) is 6.46. The zero-order chi connectivity index (χ0) is 22.1. The molecule has 1 unspecified atom stereocenters. The fourth-order valence-electron chi connectivity index (χ4n) is 4.50. The number of carbonyl (C=O) groups is 1. The highest BCUT2D eigenvalue weighted by atomic mass is 16.5. The zero-order valence-corrected chi connectivity index (χ0v) is 18.6. The number of aromatic nitrogens is 3. The lowest BCUT2D eigenvalue weighted by Crippen LogP contribution is -2.37. The third-order valence-electron chi connectivity index (χ3n) is 6.46. The van der Waals surface area contributed by atoms with E-state index >= 15 is 0 Å². The van der Waals surface area contributed by atoms with Crippen molar-refractivity contribution in [2.75, 3.05) is 24.6 Å². The average Bonchev–Trinajstić information content (AvgIpc) is 3.21. The summed E-state index contributed by atoms with van der Waals surface area (Å²) in [6.07, 6.45) is 6.25. The van der Waals surface area contributed by atoms with E-state index in [1.165, 1.54) is 5.56 Å². The zero-order valence-electron chi connectivity index (χ0n) is 18.6. The number of piperidine rings is 1. The van der Waals surface area contributed by atoms with Crippen molar-refractivity contribution in [3.8, 4) is 0 Å². The number of carbonyl (C=O) groups excluding carboxylic acids is 1. The minimum Gasteiger partial charge on any atom is -0.462 e. The lowest BCUT2D eigenvalue weighted by atomic mass is 9.89. The number of anilines is 1. The summed E-state index contributed by atoms with van der Waals surface area (Å²) in [5, 5.41) is 11.8. The summed E-state index contributed by atoms with van der Waals surface area (Å²) < 4.78 is 7.20. The van der Waals surface area contributed by atoms with Gasteiger partial charge in [0.15, 0.2) is 0 Å². The van der Waals surface area contributed by atoms with Gasteiger partial charge in [0.25, 0.3) is 0 Å². The number of benzene rings is 1. The lowest BCUT2D eigenvalue weighted by molar-refractivity contribution is 0.0526. The van der Waals surface area contributed by atoms with Crippen LogP contribution in [0.5, 0.6) is 0 Å². The van der Waals surface area contributed by atoms with Gasteiger partial charge in [0.1, 0.15) is 17.5 Å². The van der Waals surface area contributed by atoms with Crippen LogP contribution in [-0.2, 0) is 11.8 Å². The van der Waals surface area contributed by atoms with Gasteiger partial charge in [0, 0.05) is 44.1 Å². The van der Waals surface area contributed by atoms with E-state index < -0.39 is 6.10 Å². The van der Waals surface area contributed by atoms with Gasteiger partial charge in [0.2, 0.25) is 0 Å². The molecule has 0 amide bonds. The number of esters is 1. The topological polar surface area (TPSA) is 80.5 Å². The van der Waals surface area contributed by atoms with Crippen LogP contribution in [0.3, 0.4) is 0 Å². The average molecular weight is 423 g/mol. The standard InChI is InChI=1S/C24H30N4O3/c1-5-31-24(30)19-14-26-20-16(3)15(2)6-7-18(20)21(19)28-11-8-17(9-12-28)22(29)23-25-10-13-27(23)4/h6-7,10,13-14,17,22,29H,5,8-9,11-12H2,1-4H3. The molecule has 0 bridgehead atoms. The Morgan fingerprint density at radius 3 is 2.65 bits per heavy atom. The van der Waals surface area contributed by atoms with Crippen LogP contribution in [-0.4, -0.2) is 45.3 Å². The summed E-state index contributed by atoms with van der Waals surface area (Å²) in [7, 11) is 1.90. The van der Waals surface area contributed by atoms with Crippen LogP contribution < -0.4 is 4.90 Å². The fraction of sp³-hybridized carbons (Fsp3) is 0.458. The number of aliphatic hydroxyl groups excluding tert-OH is 1. The second-order valence-corrected chi connectivity index (χ2v) is 8.31. The SMILES string of the molecule is CCOC(=O)c1cnc2c(C)c(C)ccc2c1N1CCC(C(O)c2nccn2C)CC1. The number of hydrogen-bond acceptors (Lipinski definition) is 6. The van der Waals surface area contributed by atoms with Crippen molar-refractivity contribution in [2.24, 2.45) is 13.0 Å². The molecule has 0 saturated carbocycles. The highest BCUT2D eigenvalue weighted by Crippen LogP contribution is 2.37. The quantitative estimate of drug-likeness (QED) is 0.632. The number of nitrogens with zero attached hydrogens (tertiary/aromatic N) is 4. The smallest absolute Gasteiger partial charge is 0.341 e. The second kappa shape index (κ2) is 8.67. The Morgan fingerprint density at radius 2 is 2.00 bits per heavy atom. The molecule has 1 N–H and O–H groups in total. The molecule has 2 aromatic heterocycles. The Kier molecular flexibility index (Phi) is 5.96. The van der Waals surface area contributed by atoms with Crippen LogP contribution in [0.25, 0.3) is 10.9 Å². The minimum absolute atomic E-state index is 0.125. The minimum atomic E-state index is -0.592. The van der Waals surface area contributed by atoms with Crippen LogP contribution in [0.2, 0.25) is 0 Å². The van der Waals surface area contributed by atoms with Gasteiger partial charge in [-0.3, -0.25) is 4.98 Å². The molecule has 0 radical (unpaired) electrons. The van der Waals surface area contributed by atoms with Crippen molar-refractivity contribution >= 4 is 22.6 Å². The maximum atomic E-state index is 12.7. The molecule has 4 rings (SSSR count). The largest absolute Gasteiger partial charge is 0.462 e. The Bertz CT molecular complexity index is 1100. The number of hydrogen-bond donors (Lipinski definition) is 1. The second-order valence-electron chi connectivity index (χ2n) is 8.31. The molecule has 1 fully saturated rings. The molecule has 3 aromatic rings. The number of aliphatic hydroxyl groups is 1. The Hall–Kier alpha value is -2.93. The number of ether oxygens (including phenoxy) is 1. The molecule has 1 saturated heterocycles. The van der Waals surface area contributed by atoms with Crippen LogP contribution in [0.15, 0.2) is 30.7 Å². The molecule has 31 heavy (non-hydrogen) atoms. The number of aryl methyl sites for hydroxylation is 3. The maximum Gasteiger partial charge on any atom is 0.341 e. The monoisotopic (exact) mass is 422 g/mol. The molecule has 7 nitrogen and oxygen atoms in total. The summed E-state index contributed by atoms with van der Waals surface area (Å²) >= 11 is 0. The highest BCUT2D eigenvalue weighted by Gasteiger charge is 2.31. The van der Waals surface area contributed by atoms with Gasteiger partial charge in [-0.25, -0.2) is 9.78 Å². The number of fused-ring (bicyclic) bond motifs is 1. The van der Waals surface area contributed by atoms with E-state index in [-0.39, 0.29) is 11.9 Å². The van der Waals surface area contributed by atoms with Crippen LogP contribution in [0.4, 0.5) is 5.69 Å². The van der Waals surface area contributed by atoms with Crippen molar-refractivity contribution in [2.45, 2.75) is 39.7 Å².